The van der Waals surface area contributed by atoms with Crippen molar-refractivity contribution in [2.24, 2.45) is 0 Å². The molecule has 0 radical (unpaired) electrons. The number of fused-ring (bicyclic) bond motifs is 3. The lowest BCUT2D eigenvalue weighted by Gasteiger charge is -2.38. The number of likely N-dealkylation sites (N-methyl/N-ethyl adjacent to an activating group) is 2. The van der Waals surface area contributed by atoms with Crippen LogP contribution in [0.1, 0.15) is 70.0 Å². The Bertz CT molecular complexity index is 2200. The monoisotopic (exact) mass is 759 g/mol. The van der Waals surface area contributed by atoms with E-state index in [4.69, 9.17) is 32.8 Å². The maximum absolute atomic E-state index is 7.13. The maximum atomic E-state index is 7.13. The number of furan rings is 1. The fourth-order valence-corrected chi connectivity index (χ4v) is 9.02. The maximum Gasteiger partial charge on any atom is 0.204 e. The fourth-order valence-electron chi connectivity index (χ4n) is 9.02. The smallest absolute Gasteiger partial charge is 0.204 e. The summed E-state index contributed by atoms with van der Waals surface area (Å²) < 4.78 is 43.0. The van der Waals surface area contributed by atoms with Gasteiger partial charge in [-0.3, -0.25) is 9.80 Å². The van der Waals surface area contributed by atoms with Crippen LogP contribution in [0.25, 0.3) is 0 Å². The third-order valence-electron chi connectivity index (χ3n) is 12.2. The van der Waals surface area contributed by atoms with Gasteiger partial charge in [-0.2, -0.15) is 0 Å². The average molecular weight is 760 g/mol. The van der Waals surface area contributed by atoms with Gasteiger partial charge in [0.1, 0.15) is 11.5 Å². The number of benzene rings is 4. The fraction of sp³-hybridized carbons (Fsp3) is 0.391. The molecule has 5 aromatic rings. The van der Waals surface area contributed by atoms with E-state index in [0.717, 1.165) is 60.6 Å². The van der Waals surface area contributed by atoms with Crippen molar-refractivity contribution in [3.63, 3.8) is 0 Å². The molecule has 10 heteroatoms. The molecule has 3 atom stereocenters. The second kappa shape index (κ2) is 15.4. The third kappa shape index (κ3) is 6.63. The van der Waals surface area contributed by atoms with Gasteiger partial charge >= 0.3 is 0 Å². The van der Waals surface area contributed by atoms with Gasteiger partial charge in [0.15, 0.2) is 34.5 Å². The molecule has 1 spiro atoms. The van der Waals surface area contributed by atoms with E-state index < -0.39 is 0 Å². The van der Waals surface area contributed by atoms with E-state index in [9.17, 15) is 0 Å². The highest BCUT2D eigenvalue weighted by Gasteiger charge is 2.60. The molecule has 294 valence electrons. The molecule has 1 saturated carbocycles. The summed E-state index contributed by atoms with van der Waals surface area (Å²) in [6.45, 7) is 7.34. The summed E-state index contributed by atoms with van der Waals surface area (Å²) in [6.07, 6.45) is 4.48. The van der Waals surface area contributed by atoms with Crippen LogP contribution in [0.3, 0.4) is 0 Å². The summed E-state index contributed by atoms with van der Waals surface area (Å²) in [4.78, 5) is 4.88. The predicted octanol–water partition coefficient (Wildman–Crippen LogP) is 8.92. The van der Waals surface area contributed by atoms with E-state index in [-0.39, 0.29) is 11.6 Å². The zero-order chi connectivity index (χ0) is 39.1. The molecule has 0 saturated heterocycles. The van der Waals surface area contributed by atoms with E-state index >= 15 is 0 Å². The zero-order valence-electron chi connectivity index (χ0n) is 33.8. The number of aryl methyl sites for hydroxylation is 1. The van der Waals surface area contributed by atoms with Crippen molar-refractivity contribution >= 4 is 0 Å². The predicted molar refractivity (Wildman–Crippen MR) is 216 cm³/mol. The quantitative estimate of drug-likeness (QED) is 0.126. The molecule has 0 bridgehead atoms. The van der Waals surface area contributed by atoms with Gasteiger partial charge in [-0.15, -0.1) is 0 Å². The van der Waals surface area contributed by atoms with Crippen LogP contribution in [0.2, 0.25) is 0 Å². The minimum absolute atomic E-state index is 0.0743. The topological polar surface area (TPSA) is 87.0 Å². The third-order valence-corrected chi connectivity index (χ3v) is 12.2. The Morgan fingerprint density at radius 1 is 0.768 bits per heavy atom. The molecule has 10 nitrogen and oxygen atoms in total. The second-order valence-corrected chi connectivity index (χ2v) is 15.3. The molecule has 1 fully saturated rings. The Morgan fingerprint density at radius 2 is 1.54 bits per heavy atom. The molecule has 56 heavy (non-hydrogen) atoms. The minimum atomic E-state index is -0.168. The molecule has 4 aromatic carbocycles. The van der Waals surface area contributed by atoms with Gasteiger partial charge < -0.3 is 38.2 Å². The van der Waals surface area contributed by atoms with Crippen molar-refractivity contribution < 1.29 is 32.8 Å². The van der Waals surface area contributed by atoms with Crippen LogP contribution >= 0.6 is 0 Å². The first-order valence-electron chi connectivity index (χ1n) is 19.5. The molecule has 2 aliphatic heterocycles. The molecule has 3 heterocycles. The Labute approximate surface area is 330 Å². The van der Waals surface area contributed by atoms with Crippen LogP contribution in [-0.2, 0) is 31.5 Å². The standard InChI is InChI=1S/C46H53N3O7/c1-28-11-16-38(50-5)40(22-28)55-32-14-12-30(13-15-32)37-25-46(37)36-24-41(39(51-6)23-31(36)17-20-49(46)4)56-44-42-29(2)48(3)19-18-34(42)35(43(52-7)45(44)53-8)27-47-26-33-10-9-21-54-33/h9-16,21-24,29,37,47H,17-20,25-27H2,1-8H3/t29-,37-,46?/m0/s1. The normalized spacial score (nSPS) is 20.3. The SMILES string of the molecule is COc1ccc(C)cc1Oc1ccc([C@@H]2CC23c2cc(Oc4c(OC)c(OC)c(CNCc5ccco5)c5c4[C@H](C)N(C)CC5)c(OC)cc2CCN3C)cc1. The largest absolute Gasteiger partial charge is 0.493 e. The van der Waals surface area contributed by atoms with Gasteiger partial charge in [0.05, 0.1) is 46.8 Å². The number of hydrogen-bond acceptors (Lipinski definition) is 10. The van der Waals surface area contributed by atoms with E-state index in [1.54, 1.807) is 34.7 Å². The molecule has 1 aromatic heterocycles. The first kappa shape index (κ1) is 37.7. The number of rotatable bonds is 13. The molecule has 1 aliphatic carbocycles. The molecule has 1 unspecified atom stereocenters. The first-order valence-corrected chi connectivity index (χ1v) is 19.5. The lowest BCUT2D eigenvalue weighted by atomic mass is 9.87. The number of nitrogens with zero attached hydrogens (tertiary/aromatic N) is 2. The molecular weight excluding hydrogens is 707 g/mol. The van der Waals surface area contributed by atoms with E-state index in [1.807, 2.05) is 37.3 Å². The number of nitrogens with one attached hydrogen (secondary N) is 1. The average Bonchev–Trinajstić information content (AvgIpc) is 3.73. The Hall–Kier alpha value is -5.16. The molecular formula is C46H53N3O7. The van der Waals surface area contributed by atoms with Crippen molar-refractivity contribution in [1.82, 2.24) is 15.1 Å². The summed E-state index contributed by atoms with van der Waals surface area (Å²) in [5.74, 6) is 6.65. The van der Waals surface area contributed by atoms with Crippen molar-refractivity contribution in [3.8, 4) is 46.0 Å². The molecule has 0 amide bonds. The van der Waals surface area contributed by atoms with Crippen molar-refractivity contribution in [1.29, 1.82) is 0 Å². The van der Waals surface area contributed by atoms with Crippen molar-refractivity contribution in [2.75, 3.05) is 55.6 Å². The minimum Gasteiger partial charge on any atom is -0.493 e. The Morgan fingerprint density at radius 3 is 2.25 bits per heavy atom. The van der Waals surface area contributed by atoms with Gasteiger partial charge in [0.25, 0.3) is 0 Å². The van der Waals surface area contributed by atoms with E-state index in [2.05, 4.69) is 72.5 Å². The van der Waals surface area contributed by atoms with E-state index in [0.29, 0.717) is 59.3 Å². The van der Waals surface area contributed by atoms with Gasteiger partial charge in [0.2, 0.25) is 5.75 Å². The number of methoxy groups -OCH3 is 4. The van der Waals surface area contributed by atoms with Crippen LogP contribution in [0.15, 0.2) is 77.4 Å². The van der Waals surface area contributed by atoms with Gasteiger partial charge in [0, 0.05) is 42.7 Å². The highest BCUT2D eigenvalue weighted by atomic mass is 16.5. The van der Waals surface area contributed by atoms with Gasteiger partial charge in [-0.1, -0.05) is 18.2 Å². The summed E-state index contributed by atoms with van der Waals surface area (Å²) in [6, 6.07) is 22.8. The number of hydrogen-bond donors (Lipinski definition) is 1. The summed E-state index contributed by atoms with van der Waals surface area (Å²) >= 11 is 0. The molecule has 1 N–H and O–H groups in total. The highest BCUT2D eigenvalue weighted by molar-refractivity contribution is 5.67. The van der Waals surface area contributed by atoms with Crippen molar-refractivity contribution in [2.45, 2.75) is 63.7 Å². The van der Waals surface area contributed by atoms with Crippen LogP contribution < -0.4 is 33.7 Å². The van der Waals surface area contributed by atoms with Gasteiger partial charge in [-0.25, -0.2) is 0 Å². The lowest BCUT2D eigenvalue weighted by Crippen LogP contribution is -2.39. The van der Waals surface area contributed by atoms with Crippen LogP contribution in [-0.4, -0.2) is 65.4 Å². The lowest BCUT2D eigenvalue weighted by molar-refractivity contribution is 0.200. The zero-order valence-corrected chi connectivity index (χ0v) is 33.8. The number of ether oxygens (including phenoxy) is 6. The highest BCUT2D eigenvalue weighted by Crippen LogP contribution is 2.65. The summed E-state index contributed by atoms with van der Waals surface area (Å²) in [7, 11) is 11.2. The van der Waals surface area contributed by atoms with Crippen LogP contribution in [0, 0.1) is 6.92 Å². The molecule has 8 rings (SSSR count). The summed E-state index contributed by atoms with van der Waals surface area (Å²) in [5.41, 5.74) is 8.19. The first-order chi connectivity index (χ1) is 27.2. The second-order valence-electron chi connectivity index (χ2n) is 15.3. The van der Waals surface area contributed by atoms with Gasteiger partial charge in [-0.05, 0) is 124 Å². The summed E-state index contributed by atoms with van der Waals surface area (Å²) in [5, 5.41) is 3.57. The van der Waals surface area contributed by atoms with Crippen molar-refractivity contribution in [3.05, 3.63) is 118 Å². The van der Waals surface area contributed by atoms with Crippen LogP contribution in [0.4, 0.5) is 0 Å². The van der Waals surface area contributed by atoms with Crippen LogP contribution in [0.5, 0.6) is 46.0 Å². The molecule has 3 aliphatic rings. The Kier molecular flexibility index (Phi) is 10.4. The Balaban J connectivity index is 1.14. The van der Waals surface area contributed by atoms with E-state index in [1.165, 1.54) is 22.3 Å².